The fraction of sp³-hybridized carbons (Fsp3) is 0.708. The van der Waals surface area contributed by atoms with E-state index in [4.69, 9.17) is 14.6 Å². The Labute approximate surface area is 372 Å². The standard InChI is InChI=1S/C47H83N3O5.CH4O4S/c1-4-6-8-10-12-14-16-18-20-22-24-26-28-30-32-34-46(52)48-36-38-50(3,40-42-54-44-45-55-43-41-51)39-37-49-47(53)35-33-31-29-27-25-23-21-19-17-15-13-11-9-7-5-2;1-5-6(2,3)4/h6-9,12-15,18-21,51H,4-5,10-11,16-17,22-45H2,1-3H3,(H-,48,49,52,53);1H3,(H,2,3,4)/b8-6-,9-7-,14-12-,15-13-,20-18-,21-19-;. The number of quaternary nitrogens is 1. The molecule has 0 saturated heterocycles. The lowest BCUT2D eigenvalue weighted by atomic mass is 10.1. The van der Waals surface area contributed by atoms with Gasteiger partial charge in [-0.05, 0) is 77.0 Å². The van der Waals surface area contributed by atoms with Crippen molar-refractivity contribution < 1.29 is 45.8 Å². The average Bonchev–Trinajstić information content (AvgIpc) is 3.23. The first-order valence-corrected chi connectivity index (χ1v) is 24.4. The third kappa shape index (κ3) is 51.3. The largest absolute Gasteiger partial charge is 0.726 e. The second-order valence-electron chi connectivity index (χ2n) is 15.2. The van der Waals surface area contributed by atoms with Crippen molar-refractivity contribution in [3.63, 3.8) is 0 Å². The molecule has 0 aromatic carbocycles. The summed E-state index contributed by atoms with van der Waals surface area (Å²) in [7, 11) is -1.44. The maximum atomic E-state index is 12.6. The normalized spacial score (nSPS) is 12.5. The molecule has 61 heavy (non-hydrogen) atoms. The number of carbonyl (C=O) groups is 2. The zero-order chi connectivity index (χ0) is 45.4. The lowest BCUT2D eigenvalue weighted by Crippen LogP contribution is -2.53. The number of carbonyl (C=O) groups excluding carboxylic acids is 2. The van der Waals surface area contributed by atoms with E-state index in [9.17, 15) is 22.6 Å². The van der Waals surface area contributed by atoms with Gasteiger partial charge in [-0.3, -0.25) is 13.8 Å². The van der Waals surface area contributed by atoms with Crippen LogP contribution in [-0.2, 0) is 33.6 Å². The van der Waals surface area contributed by atoms with Crippen LogP contribution in [0.4, 0.5) is 0 Å². The molecule has 0 spiro atoms. The Hall–Kier alpha value is -2.91. The predicted octanol–water partition coefficient (Wildman–Crippen LogP) is 8.96. The van der Waals surface area contributed by atoms with Gasteiger partial charge >= 0.3 is 0 Å². The molecule has 12 nitrogen and oxygen atoms in total. The number of amides is 2. The van der Waals surface area contributed by atoms with Gasteiger partial charge in [0.05, 0.1) is 73.4 Å². The van der Waals surface area contributed by atoms with Crippen molar-refractivity contribution in [3.8, 4) is 0 Å². The molecule has 0 heterocycles. The van der Waals surface area contributed by atoms with Gasteiger partial charge < -0.3 is 34.2 Å². The van der Waals surface area contributed by atoms with Gasteiger partial charge in [-0.1, -0.05) is 125 Å². The van der Waals surface area contributed by atoms with Crippen molar-refractivity contribution in [2.24, 2.45) is 0 Å². The Morgan fingerprint density at radius 1 is 0.557 bits per heavy atom. The number of hydrogen-bond acceptors (Lipinski definition) is 9. The van der Waals surface area contributed by atoms with Crippen LogP contribution in [-0.4, -0.2) is 114 Å². The predicted molar refractivity (Wildman–Crippen MR) is 251 cm³/mol. The first-order valence-electron chi connectivity index (χ1n) is 23.1. The van der Waals surface area contributed by atoms with E-state index < -0.39 is 10.4 Å². The number of aliphatic hydroxyl groups is 1. The smallest absolute Gasteiger partial charge is 0.220 e. The molecule has 0 saturated carbocycles. The molecule has 0 aromatic rings. The Morgan fingerprint density at radius 3 is 1.31 bits per heavy atom. The topological polar surface area (TPSA) is 163 Å². The van der Waals surface area contributed by atoms with Crippen LogP contribution in [0.3, 0.4) is 0 Å². The molecule has 2 amide bonds. The SMILES string of the molecule is CC/C=C\C/C=C\C/C=C\CCCCCCCC(=O)NCC[N+](C)(CCNC(=O)CCCCCCC/C=C\C/C=C\C/C=C\CC)CCOCCOCCO.COS(=O)(=O)[O-]. The zero-order valence-corrected chi connectivity index (χ0v) is 39.5. The van der Waals surface area contributed by atoms with Crippen LogP contribution >= 0.6 is 0 Å². The van der Waals surface area contributed by atoms with Crippen LogP contribution in [0.1, 0.15) is 142 Å². The van der Waals surface area contributed by atoms with E-state index in [2.05, 4.69) is 109 Å². The summed E-state index contributed by atoms with van der Waals surface area (Å²) in [6.07, 6.45) is 47.7. The third-order valence-electron chi connectivity index (χ3n) is 9.64. The number of likely N-dealkylation sites (N-methyl/N-ethyl adjacent to an activating group) is 1. The lowest BCUT2D eigenvalue weighted by Gasteiger charge is -2.34. The van der Waals surface area contributed by atoms with Gasteiger partial charge in [0.1, 0.15) is 6.54 Å². The molecule has 0 aliphatic carbocycles. The van der Waals surface area contributed by atoms with Crippen LogP contribution in [0.25, 0.3) is 0 Å². The zero-order valence-electron chi connectivity index (χ0n) is 38.7. The number of rotatable bonds is 41. The van der Waals surface area contributed by atoms with E-state index in [1.54, 1.807) is 0 Å². The number of unbranched alkanes of at least 4 members (excludes halogenated alkanes) is 10. The van der Waals surface area contributed by atoms with E-state index in [1.807, 2.05) is 0 Å². The number of nitrogens with one attached hydrogen (secondary N) is 2. The summed E-state index contributed by atoms with van der Waals surface area (Å²) in [4.78, 5) is 25.2. The van der Waals surface area contributed by atoms with Gasteiger partial charge in [0.15, 0.2) is 0 Å². The highest BCUT2D eigenvalue weighted by Crippen LogP contribution is 2.10. The number of allylic oxidation sites excluding steroid dienone is 12. The first-order chi connectivity index (χ1) is 29.5. The molecule has 354 valence electrons. The number of aliphatic hydroxyl groups excluding tert-OH is 1. The van der Waals surface area contributed by atoms with E-state index in [0.717, 1.165) is 104 Å². The third-order valence-corrected chi connectivity index (χ3v) is 10.1. The quantitative estimate of drug-likeness (QED) is 0.0179. The van der Waals surface area contributed by atoms with Crippen LogP contribution in [0.15, 0.2) is 72.9 Å². The highest BCUT2D eigenvalue weighted by molar-refractivity contribution is 7.80. The molecular weight excluding hydrogens is 795 g/mol. The summed E-state index contributed by atoms with van der Waals surface area (Å²) in [6, 6.07) is 0. The van der Waals surface area contributed by atoms with E-state index in [-0.39, 0.29) is 18.4 Å². The first kappa shape index (κ1) is 60.2. The molecule has 0 aliphatic heterocycles. The summed E-state index contributed by atoms with van der Waals surface area (Å²) in [5.74, 6) is 0.238. The summed E-state index contributed by atoms with van der Waals surface area (Å²) in [6.45, 7) is 9.65. The highest BCUT2D eigenvalue weighted by Gasteiger charge is 2.22. The fourth-order valence-electron chi connectivity index (χ4n) is 5.92. The summed E-state index contributed by atoms with van der Waals surface area (Å²) >= 11 is 0. The van der Waals surface area contributed by atoms with Gasteiger partial charge in [0.25, 0.3) is 0 Å². The summed E-state index contributed by atoms with van der Waals surface area (Å²) in [5.41, 5.74) is 0. The monoisotopic (exact) mass is 882 g/mol. The fourth-order valence-corrected chi connectivity index (χ4v) is 5.92. The molecule has 0 atom stereocenters. The van der Waals surface area contributed by atoms with Gasteiger partial charge in [-0.15, -0.1) is 0 Å². The minimum Gasteiger partial charge on any atom is -0.726 e. The van der Waals surface area contributed by atoms with Crippen LogP contribution in [0.2, 0.25) is 0 Å². The Bertz CT molecular complexity index is 1230. The molecule has 0 unspecified atom stereocenters. The molecule has 0 rings (SSSR count). The Kier molecular flexibility index (Phi) is 46.0. The molecule has 0 aromatic heterocycles. The van der Waals surface area contributed by atoms with Crippen molar-refractivity contribution in [2.75, 3.05) is 79.9 Å². The maximum Gasteiger partial charge on any atom is 0.220 e. The molecule has 0 aliphatic rings. The van der Waals surface area contributed by atoms with Gasteiger partial charge in [-0.25, -0.2) is 8.42 Å². The minimum atomic E-state index is -4.41. The van der Waals surface area contributed by atoms with Crippen LogP contribution in [0.5, 0.6) is 0 Å². The van der Waals surface area contributed by atoms with Gasteiger partial charge in [0, 0.05) is 12.8 Å². The number of nitrogens with zero attached hydrogens (tertiary/aromatic N) is 1. The second-order valence-corrected chi connectivity index (χ2v) is 16.4. The second kappa shape index (κ2) is 46.6. The van der Waals surface area contributed by atoms with E-state index >= 15 is 0 Å². The van der Waals surface area contributed by atoms with Crippen molar-refractivity contribution >= 4 is 22.2 Å². The molecule has 0 radical (unpaired) electrons. The van der Waals surface area contributed by atoms with Crippen LogP contribution in [0, 0.1) is 0 Å². The molecular formula is C48H87N3O9S. The van der Waals surface area contributed by atoms with E-state index in [0.29, 0.717) is 56.8 Å². The van der Waals surface area contributed by atoms with E-state index in [1.165, 1.54) is 38.5 Å². The van der Waals surface area contributed by atoms with Crippen molar-refractivity contribution in [3.05, 3.63) is 72.9 Å². The maximum absolute atomic E-state index is 12.6. The number of ether oxygens (including phenoxy) is 2. The van der Waals surface area contributed by atoms with Gasteiger partial charge in [0.2, 0.25) is 22.2 Å². The Balaban J connectivity index is 0. The summed E-state index contributed by atoms with van der Waals surface area (Å²) in [5, 5.41) is 15.1. The molecule has 13 heteroatoms. The van der Waals surface area contributed by atoms with Gasteiger partial charge in [-0.2, -0.15) is 0 Å². The van der Waals surface area contributed by atoms with Crippen LogP contribution < -0.4 is 10.6 Å². The van der Waals surface area contributed by atoms with Crippen molar-refractivity contribution in [2.45, 2.75) is 142 Å². The summed E-state index contributed by atoms with van der Waals surface area (Å²) < 4.78 is 42.8. The average molecular weight is 882 g/mol. The van der Waals surface area contributed by atoms with Crippen molar-refractivity contribution in [1.29, 1.82) is 0 Å². The minimum absolute atomic E-state index is 0.00881. The number of hydrogen-bond donors (Lipinski definition) is 3. The molecule has 3 N–H and O–H groups in total. The Morgan fingerprint density at radius 2 is 0.918 bits per heavy atom. The van der Waals surface area contributed by atoms with Crippen molar-refractivity contribution in [1.82, 2.24) is 10.6 Å². The molecule has 0 fully saturated rings. The lowest BCUT2D eigenvalue weighted by molar-refractivity contribution is -0.907. The molecule has 0 bridgehead atoms. The highest BCUT2D eigenvalue weighted by atomic mass is 32.3.